The molecule has 0 aromatic heterocycles. The summed E-state index contributed by atoms with van der Waals surface area (Å²) in [7, 11) is 1.74. The largest absolute Gasteiger partial charge is 0.384 e. The second-order valence-corrected chi connectivity index (χ2v) is 7.60. The van der Waals surface area contributed by atoms with Crippen molar-refractivity contribution in [3.8, 4) is 0 Å². The zero-order valence-corrected chi connectivity index (χ0v) is 16.4. The number of carbonyl (C=O) groups is 1. The Balaban J connectivity index is 2.15. The number of piperidine rings is 1. The summed E-state index contributed by atoms with van der Waals surface area (Å²) >= 11 is 6.02. The molecule has 1 amide bonds. The molecule has 5 heteroatoms. The van der Waals surface area contributed by atoms with Gasteiger partial charge in [-0.3, -0.25) is 4.79 Å². The molecule has 1 saturated heterocycles. The van der Waals surface area contributed by atoms with Gasteiger partial charge in [0.2, 0.25) is 5.91 Å². The van der Waals surface area contributed by atoms with Gasteiger partial charge in [-0.15, -0.1) is 0 Å². The lowest BCUT2D eigenvalue weighted by Gasteiger charge is -2.39. The zero-order valence-electron chi connectivity index (χ0n) is 15.7. The molecular formula is C20H31ClN2O2. The maximum Gasteiger partial charge on any atom is 0.230 e. The molecule has 0 bridgehead atoms. The first kappa shape index (κ1) is 20.2. The van der Waals surface area contributed by atoms with Crippen molar-refractivity contribution in [2.75, 3.05) is 33.4 Å². The minimum atomic E-state index is -0.508. The Bertz CT molecular complexity index is 544. The van der Waals surface area contributed by atoms with E-state index in [2.05, 4.69) is 24.5 Å². The van der Waals surface area contributed by atoms with Crippen molar-refractivity contribution >= 4 is 17.5 Å². The first-order chi connectivity index (χ1) is 12.0. The average Bonchev–Trinajstić information content (AvgIpc) is 2.64. The van der Waals surface area contributed by atoms with Crippen LogP contribution in [0.2, 0.25) is 5.02 Å². The number of nitrogens with one attached hydrogen (secondary N) is 2. The Morgan fingerprint density at radius 1 is 1.24 bits per heavy atom. The van der Waals surface area contributed by atoms with Gasteiger partial charge in [-0.25, -0.2) is 0 Å². The maximum absolute atomic E-state index is 13.2. The number of halogens is 1. The van der Waals surface area contributed by atoms with Gasteiger partial charge in [0, 0.05) is 24.1 Å². The van der Waals surface area contributed by atoms with E-state index >= 15 is 0 Å². The number of hydrogen-bond donors (Lipinski definition) is 2. The van der Waals surface area contributed by atoms with Crippen molar-refractivity contribution < 1.29 is 9.53 Å². The predicted octanol–water partition coefficient (Wildman–Crippen LogP) is 3.53. The van der Waals surface area contributed by atoms with Crippen LogP contribution in [0.5, 0.6) is 0 Å². The molecule has 0 atom stereocenters. The number of hydrogen-bond acceptors (Lipinski definition) is 3. The van der Waals surface area contributed by atoms with Crippen LogP contribution in [0.15, 0.2) is 24.3 Å². The molecule has 1 heterocycles. The molecule has 0 saturated carbocycles. The van der Waals surface area contributed by atoms with Crippen LogP contribution in [0.1, 0.15) is 45.1 Å². The van der Waals surface area contributed by atoms with E-state index in [1.165, 1.54) is 0 Å². The van der Waals surface area contributed by atoms with Crippen molar-refractivity contribution in [2.24, 2.45) is 5.41 Å². The average molecular weight is 367 g/mol. The van der Waals surface area contributed by atoms with Crippen molar-refractivity contribution in [3.63, 3.8) is 0 Å². The predicted molar refractivity (Wildman–Crippen MR) is 103 cm³/mol. The van der Waals surface area contributed by atoms with Gasteiger partial charge in [-0.1, -0.05) is 37.6 Å². The summed E-state index contributed by atoms with van der Waals surface area (Å²) in [6, 6.07) is 7.68. The summed E-state index contributed by atoms with van der Waals surface area (Å²) in [5.74, 6) is 0.105. The fourth-order valence-corrected chi connectivity index (χ4v) is 4.08. The summed E-state index contributed by atoms with van der Waals surface area (Å²) in [5, 5.41) is 7.34. The number of methoxy groups -OCH3 is 1. The first-order valence-corrected chi connectivity index (χ1v) is 9.64. The molecular weight excluding hydrogens is 336 g/mol. The Labute approximate surface area is 156 Å². The van der Waals surface area contributed by atoms with Crippen LogP contribution < -0.4 is 10.6 Å². The molecule has 0 spiro atoms. The van der Waals surface area contributed by atoms with Crippen molar-refractivity contribution in [1.82, 2.24) is 10.6 Å². The summed E-state index contributed by atoms with van der Waals surface area (Å²) in [6.45, 7) is 7.45. The normalized spacial score (nSPS) is 17.3. The van der Waals surface area contributed by atoms with Crippen LogP contribution in [0, 0.1) is 5.41 Å². The summed E-state index contributed by atoms with van der Waals surface area (Å²) in [5.41, 5.74) is 0.555. The number of amides is 1. The number of carbonyl (C=O) groups excluding carboxylic acids is 1. The maximum atomic E-state index is 13.2. The van der Waals surface area contributed by atoms with Gasteiger partial charge in [0.25, 0.3) is 0 Å². The molecule has 2 rings (SSSR count). The fourth-order valence-electron chi connectivity index (χ4n) is 3.95. The lowest BCUT2D eigenvalue weighted by atomic mass is 9.74. The third kappa shape index (κ3) is 4.55. The Hall–Kier alpha value is -1.10. The van der Waals surface area contributed by atoms with Crippen LogP contribution in [-0.4, -0.2) is 39.3 Å². The van der Waals surface area contributed by atoms with Gasteiger partial charge < -0.3 is 15.4 Å². The van der Waals surface area contributed by atoms with Crippen molar-refractivity contribution in [2.45, 2.75) is 44.9 Å². The Morgan fingerprint density at radius 2 is 1.84 bits per heavy atom. The van der Waals surface area contributed by atoms with Gasteiger partial charge in [-0.05, 0) is 56.5 Å². The van der Waals surface area contributed by atoms with Gasteiger partial charge in [0.15, 0.2) is 0 Å². The molecule has 1 fully saturated rings. The van der Waals surface area contributed by atoms with E-state index in [4.69, 9.17) is 16.3 Å². The highest BCUT2D eigenvalue weighted by Crippen LogP contribution is 2.34. The monoisotopic (exact) mass is 366 g/mol. The van der Waals surface area contributed by atoms with Crippen molar-refractivity contribution in [1.29, 1.82) is 0 Å². The Kier molecular flexibility index (Phi) is 7.29. The van der Waals surface area contributed by atoms with E-state index in [0.717, 1.165) is 44.3 Å². The van der Waals surface area contributed by atoms with E-state index in [9.17, 15) is 4.79 Å². The molecule has 1 aliphatic rings. The second-order valence-electron chi connectivity index (χ2n) is 7.16. The van der Waals surface area contributed by atoms with Gasteiger partial charge >= 0.3 is 0 Å². The van der Waals surface area contributed by atoms with E-state index in [0.29, 0.717) is 18.2 Å². The van der Waals surface area contributed by atoms with Gasteiger partial charge in [0.1, 0.15) is 0 Å². The highest BCUT2D eigenvalue weighted by Gasteiger charge is 2.39. The van der Waals surface area contributed by atoms with Crippen LogP contribution in [0.3, 0.4) is 0 Å². The molecule has 2 N–H and O–H groups in total. The minimum absolute atomic E-state index is 0.0306. The summed E-state index contributed by atoms with van der Waals surface area (Å²) < 4.78 is 5.46. The highest BCUT2D eigenvalue weighted by atomic mass is 35.5. The summed E-state index contributed by atoms with van der Waals surface area (Å²) in [4.78, 5) is 13.2. The first-order valence-electron chi connectivity index (χ1n) is 9.26. The van der Waals surface area contributed by atoms with E-state index < -0.39 is 5.41 Å². The topological polar surface area (TPSA) is 50.4 Å². The van der Waals surface area contributed by atoms with Crippen molar-refractivity contribution in [3.05, 3.63) is 34.9 Å². The third-order valence-corrected chi connectivity index (χ3v) is 6.03. The van der Waals surface area contributed by atoms with Gasteiger partial charge in [0.05, 0.1) is 12.0 Å². The molecule has 0 unspecified atom stereocenters. The number of benzene rings is 1. The van der Waals surface area contributed by atoms with Gasteiger partial charge in [-0.2, -0.15) is 0 Å². The Morgan fingerprint density at radius 3 is 2.36 bits per heavy atom. The molecule has 1 aromatic rings. The number of rotatable bonds is 8. The highest BCUT2D eigenvalue weighted by molar-refractivity contribution is 6.30. The molecule has 140 valence electrons. The quantitative estimate of drug-likeness (QED) is 0.740. The summed E-state index contributed by atoms with van der Waals surface area (Å²) in [6.07, 6.45) is 3.56. The lowest BCUT2D eigenvalue weighted by molar-refractivity contribution is -0.128. The fraction of sp³-hybridized carbons (Fsp3) is 0.650. The second kappa shape index (κ2) is 9.02. The molecule has 4 nitrogen and oxygen atoms in total. The molecule has 25 heavy (non-hydrogen) atoms. The zero-order chi connectivity index (χ0) is 18.3. The third-order valence-electron chi connectivity index (χ3n) is 5.78. The smallest absolute Gasteiger partial charge is 0.230 e. The molecule has 1 aromatic carbocycles. The van der Waals surface area contributed by atoms with Crippen LogP contribution >= 0.6 is 11.6 Å². The number of ether oxygens (including phenoxy) is 1. The van der Waals surface area contributed by atoms with E-state index in [1.807, 2.05) is 24.3 Å². The minimum Gasteiger partial charge on any atom is -0.384 e. The SMILES string of the molecule is CCC(CC)(C(=O)NCC1(COC)CCNCC1)c1ccc(Cl)cc1. The standard InChI is InChI=1S/C20H31ClN2O2/c1-4-20(5-2,16-6-8-17(21)9-7-16)18(24)23-14-19(15-25-3)10-12-22-13-11-19/h6-9,22H,4-5,10-15H2,1-3H3,(H,23,24). The van der Waals surface area contributed by atoms with Crippen LogP contribution in [-0.2, 0) is 14.9 Å². The van der Waals surface area contributed by atoms with Crippen LogP contribution in [0.25, 0.3) is 0 Å². The molecule has 1 aliphatic heterocycles. The lowest BCUT2D eigenvalue weighted by Crippen LogP contribution is -2.51. The van der Waals surface area contributed by atoms with Crippen LogP contribution in [0.4, 0.5) is 0 Å². The van der Waals surface area contributed by atoms with E-state index in [-0.39, 0.29) is 11.3 Å². The van der Waals surface area contributed by atoms with E-state index in [1.54, 1.807) is 7.11 Å². The molecule has 0 radical (unpaired) electrons. The molecule has 0 aliphatic carbocycles.